The summed E-state index contributed by atoms with van der Waals surface area (Å²) >= 11 is 6.21. The number of anilines is 1. The molecule has 39 heavy (non-hydrogen) atoms. The number of nitrogens with zero attached hydrogens (tertiary/aromatic N) is 6. The van der Waals surface area contributed by atoms with Gasteiger partial charge < -0.3 is 14.3 Å². The van der Waals surface area contributed by atoms with Crippen molar-refractivity contribution < 1.29 is 4.39 Å². The number of hydrogen-bond acceptors (Lipinski definition) is 5. The van der Waals surface area contributed by atoms with Crippen molar-refractivity contribution in [3.05, 3.63) is 105 Å². The molecule has 1 aromatic carbocycles. The molecule has 7 nitrogen and oxygen atoms in total. The van der Waals surface area contributed by atoms with E-state index in [-0.39, 0.29) is 29.5 Å². The van der Waals surface area contributed by atoms with Crippen molar-refractivity contribution in [1.29, 1.82) is 0 Å². The van der Waals surface area contributed by atoms with Crippen molar-refractivity contribution in [3.63, 3.8) is 0 Å². The summed E-state index contributed by atoms with van der Waals surface area (Å²) in [6, 6.07) is 16.0. The van der Waals surface area contributed by atoms with Gasteiger partial charge in [0.2, 0.25) is 5.52 Å². The van der Waals surface area contributed by atoms with Gasteiger partial charge in [-0.2, -0.15) is 0 Å². The Labute approximate surface area is 232 Å². The number of benzene rings is 1. The number of pyridine rings is 3. The number of piperazine rings is 1. The van der Waals surface area contributed by atoms with Crippen LogP contribution in [-0.4, -0.2) is 44.6 Å². The number of aromatic nitrogens is 3. The monoisotopic (exact) mass is 544 g/mol. The Bertz CT molecular complexity index is 1540. The normalized spacial score (nSPS) is 18.7. The van der Waals surface area contributed by atoms with E-state index in [1.54, 1.807) is 35.9 Å². The van der Waals surface area contributed by atoms with Crippen molar-refractivity contribution >= 4 is 34.1 Å². The Kier molecular flexibility index (Phi) is 7.65. The lowest BCUT2D eigenvalue weighted by Crippen LogP contribution is -2.59. The zero-order chi connectivity index (χ0) is 27.7. The first kappa shape index (κ1) is 26.8. The molecular formula is C30H30ClFN6O. The molecule has 4 aromatic rings. The Balaban J connectivity index is 1.61. The highest BCUT2D eigenvalue weighted by atomic mass is 35.5. The van der Waals surface area contributed by atoms with Crippen LogP contribution in [0, 0.1) is 12.4 Å². The minimum absolute atomic E-state index is 0.0664. The van der Waals surface area contributed by atoms with Gasteiger partial charge in [-0.25, -0.2) is 4.39 Å². The van der Waals surface area contributed by atoms with E-state index in [2.05, 4.69) is 38.5 Å². The van der Waals surface area contributed by atoms with E-state index in [0.717, 1.165) is 29.8 Å². The van der Waals surface area contributed by atoms with Crippen molar-refractivity contribution in [1.82, 2.24) is 19.4 Å². The molecule has 1 aliphatic rings. The lowest BCUT2D eigenvalue weighted by Gasteiger charge is -2.50. The van der Waals surface area contributed by atoms with Crippen molar-refractivity contribution in [2.75, 3.05) is 18.0 Å². The molecule has 3 aromatic heterocycles. The highest BCUT2D eigenvalue weighted by Gasteiger charge is 2.39. The average Bonchev–Trinajstić information content (AvgIpc) is 2.96. The van der Waals surface area contributed by atoms with Gasteiger partial charge in [0.1, 0.15) is 5.82 Å². The summed E-state index contributed by atoms with van der Waals surface area (Å²) in [5.41, 5.74) is 3.79. The maximum absolute atomic E-state index is 13.8. The quantitative estimate of drug-likeness (QED) is 0.273. The summed E-state index contributed by atoms with van der Waals surface area (Å²) in [7, 11) is 1.73. The third-order valence-electron chi connectivity index (χ3n) is 7.71. The number of hydrogen-bond donors (Lipinski definition) is 0. The molecule has 0 saturated carbocycles. The van der Waals surface area contributed by atoms with E-state index in [1.165, 1.54) is 12.3 Å². The highest BCUT2D eigenvalue weighted by Crippen LogP contribution is 2.37. The molecule has 200 valence electrons. The molecule has 1 saturated heterocycles. The Morgan fingerprint density at radius 1 is 1.08 bits per heavy atom. The molecule has 3 atom stereocenters. The molecule has 0 radical (unpaired) electrons. The summed E-state index contributed by atoms with van der Waals surface area (Å²) in [4.78, 5) is 30.3. The molecule has 0 aliphatic carbocycles. The number of halogens is 2. The van der Waals surface area contributed by atoms with E-state index < -0.39 is 0 Å². The van der Waals surface area contributed by atoms with Crippen LogP contribution in [-0.2, 0) is 7.05 Å². The minimum Gasteiger partial charge on any atom is -0.362 e. The number of rotatable bonds is 6. The van der Waals surface area contributed by atoms with Crippen LogP contribution in [0.1, 0.15) is 44.0 Å². The average molecular weight is 545 g/mol. The second-order valence-corrected chi connectivity index (χ2v) is 10.3. The Morgan fingerprint density at radius 3 is 2.46 bits per heavy atom. The second kappa shape index (κ2) is 11.1. The maximum Gasteiger partial charge on any atom is 0.270 e. The molecule has 0 spiro atoms. The van der Waals surface area contributed by atoms with E-state index in [9.17, 15) is 9.18 Å². The molecule has 0 N–H and O–H groups in total. The van der Waals surface area contributed by atoms with Crippen LogP contribution in [0.2, 0.25) is 5.02 Å². The molecule has 0 amide bonds. The SMILES string of the molecule is [C-]#[N+]c1ccc2c(n1)c(N1C[C@@H](CC)N(C(c3ccc(Cl)cc3)c3ccc(F)cn3)C[C@@H]1CC)cc(=O)n2C. The van der Waals surface area contributed by atoms with Gasteiger partial charge in [0.15, 0.2) is 0 Å². The van der Waals surface area contributed by atoms with Crippen molar-refractivity contribution in [2.24, 2.45) is 7.05 Å². The van der Waals surface area contributed by atoms with Crippen LogP contribution < -0.4 is 10.5 Å². The highest BCUT2D eigenvalue weighted by molar-refractivity contribution is 6.30. The predicted molar refractivity (Wildman–Crippen MR) is 153 cm³/mol. The van der Waals surface area contributed by atoms with Gasteiger partial charge in [-0.15, -0.1) is 4.98 Å². The molecule has 4 heterocycles. The first-order valence-corrected chi connectivity index (χ1v) is 13.5. The van der Waals surface area contributed by atoms with E-state index in [0.29, 0.717) is 35.0 Å². The van der Waals surface area contributed by atoms with Gasteiger partial charge in [0, 0.05) is 43.3 Å². The Hall–Kier alpha value is -3.80. The molecular weight excluding hydrogens is 515 g/mol. The standard InChI is InChI=1S/C30H30ClFN6O/c1-5-22-18-38(30(19-7-9-20(31)10-8-19)24-12-11-21(32)16-34-24)23(6-2)17-37(22)26-15-28(39)36(4)25-13-14-27(33-3)35-29(25)26/h7-16,22-23,30H,5-6,17-18H2,1-2,4H3/t22-,23+,30?/m0/s1. The van der Waals surface area contributed by atoms with Crippen LogP contribution in [0.25, 0.3) is 15.9 Å². The summed E-state index contributed by atoms with van der Waals surface area (Å²) in [5, 5.41) is 0.650. The molecule has 1 fully saturated rings. The van der Waals surface area contributed by atoms with Crippen LogP contribution in [0.3, 0.4) is 0 Å². The first-order chi connectivity index (χ1) is 18.8. The summed E-state index contributed by atoms with van der Waals surface area (Å²) < 4.78 is 15.4. The van der Waals surface area contributed by atoms with Gasteiger partial charge in [-0.3, -0.25) is 14.7 Å². The Morgan fingerprint density at radius 2 is 1.82 bits per heavy atom. The largest absolute Gasteiger partial charge is 0.362 e. The van der Waals surface area contributed by atoms with Crippen LogP contribution >= 0.6 is 11.6 Å². The lowest BCUT2D eigenvalue weighted by molar-refractivity contribution is 0.109. The topological polar surface area (TPSA) is 58.6 Å². The first-order valence-electron chi connectivity index (χ1n) is 13.1. The van der Waals surface area contributed by atoms with Crippen molar-refractivity contribution in [3.8, 4) is 0 Å². The van der Waals surface area contributed by atoms with Crippen LogP contribution in [0.15, 0.2) is 65.6 Å². The zero-order valence-electron chi connectivity index (χ0n) is 22.2. The van der Waals surface area contributed by atoms with E-state index in [1.807, 2.05) is 24.3 Å². The smallest absolute Gasteiger partial charge is 0.270 e. The molecule has 5 rings (SSSR count). The summed E-state index contributed by atoms with van der Waals surface area (Å²) in [6.45, 7) is 13.1. The van der Waals surface area contributed by atoms with Gasteiger partial charge in [-0.1, -0.05) is 44.2 Å². The zero-order valence-corrected chi connectivity index (χ0v) is 22.9. The van der Waals surface area contributed by atoms with Crippen molar-refractivity contribution in [2.45, 2.75) is 44.8 Å². The van der Waals surface area contributed by atoms with Gasteiger partial charge in [-0.05, 0) is 54.8 Å². The molecule has 1 aliphatic heterocycles. The fraction of sp³-hybridized carbons (Fsp3) is 0.333. The van der Waals surface area contributed by atoms with Gasteiger partial charge in [0.25, 0.3) is 11.4 Å². The van der Waals surface area contributed by atoms with Crippen LogP contribution in [0.5, 0.6) is 0 Å². The predicted octanol–water partition coefficient (Wildman–Crippen LogP) is 6.14. The number of fused-ring (bicyclic) bond motifs is 1. The van der Waals surface area contributed by atoms with E-state index >= 15 is 0 Å². The summed E-state index contributed by atoms with van der Waals surface area (Å²) in [6.07, 6.45) is 2.94. The second-order valence-electron chi connectivity index (χ2n) is 9.90. The third kappa shape index (κ3) is 5.12. The van der Waals surface area contributed by atoms with Gasteiger partial charge in [0.05, 0.1) is 29.1 Å². The maximum atomic E-state index is 13.8. The fourth-order valence-corrected chi connectivity index (χ4v) is 5.73. The van der Waals surface area contributed by atoms with Crippen LogP contribution in [0.4, 0.5) is 15.9 Å². The molecule has 0 bridgehead atoms. The molecule has 9 heteroatoms. The van der Waals surface area contributed by atoms with Gasteiger partial charge >= 0.3 is 0 Å². The van der Waals surface area contributed by atoms with E-state index in [4.69, 9.17) is 18.2 Å². The fourth-order valence-electron chi connectivity index (χ4n) is 5.61. The number of aryl methyl sites for hydroxylation is 1. The molecule has 1 unspecified atom stereocenters. The minimum atomic E-state index is -0.374. The summed E-state index contributed by atoms with van der Waals surface area (Å²) in [5.74, 6) is -0.0768. The lowest BCUT2D eigenvalue weighted by atomic mass is 9.93. The third-order valence-corrected chi connectivity index (χ3v) is 7.96.